The minimum Gasteiger partial charge on any atom is -0.377 e. The second kappa shape index (κ2) is 8.14. The van der Waals surface area contributed by atoms with Crippen LogP contribution in [0.25, 0.3) is 11.1 Å². The van der Waals surface area contributed by atoms with E-state index < -0.39 is 8.80 Å². The van der Waals surface area contributed by atoms with Crippen molar-refractivity contribution in [1.82, 2.24) is 4.98 Å². The Balaban J connectivity index is 1.92. The maximum Gasteiger partial charge on any atom is 0.500 e. The highest BCUT2D eigenvalue weighted by Crippen LogP contribution is 2.17. The van der Waals surface area contributed by atoms with Crippen molar-refractivity contribution in [2.75, 3.05) is 21.3 Å². The van der Waals surface area contributed by atoms with Crippen LogP contribution >= 0.6 is 0 Å². The fourth-order valence-electron chi connectivity index (χ4n) is 2.38. The van der Waals surface area contributed by atoms with Gasteiger partial charge in [0.05, 0.1) is 0 Å². The summed E-state index contributed by atoms with van der Waals surface area (Å²) in [5, 5.41) is 0. The van der Waals surface area contributed by atoms with Crippen LogP contribution in [0.3, 0.4) is 0 Å². The highest BCUT2D eigenvalue weighted by atomic mass is 28.4. The molecule has 0 aliphatic carbocycles. The van der Waals surface area contributed by atoms with Gasteiger partial charge in [0.15, 0.2) is 12.4 Å². The van der Waals surface area contributed by atoms with Gasteiger partial charge in [-0.25, -0.2) is 4.57 Å². The molecule has 0 bridgehead atoms. The SMILES string of the molecule is CO[Si](CCC[n+]1ccc(-c2ccncc2)cc1)(OC)OC. The van der Waals surface area contributed by atoms with Crippen molar-refractivity contribution < 1.29 is 17.8 Å². The first-order chi connectivity index (χ1) is 10.7. The summed E-state index contributed by atoms with van der Waals surface area (Å²) in [6, 6.07) is 9.05. The number of pyridine rings is 2. The molecule has 0 spiro atoms. The van der Waals surface area contributed by atoms with E-state index in [1.165, 1.54) is 11.1 Å². The number of hydrogen-bond donors (Lipinski definition) is 0. The quantitative estimate of drug-likeness (QED) is 0.553. The van der Waals surface area contributed by atoms with Gasteiger partial charge in [0.2, 0.25) is 0 Å². The van der Waals surface area contributed by atoms with Gasteiger partial charge in [-0.15, -0.1) is 0 Å². The molecule has 0 N–H and O–H groups in total. The second-order valence-corrected chi connectivity index (χ2v) is 8.05. The summed E-state index contributed by atoms with van der Waals surface area (Å²) < 4.78 is 18.4. The molecule has 2 rings (SSSR count). The van der Waals surface area contributed by atoms with E-state index in [2.05, 4.69) is 34.1 Å². The number of aromatic nitrogens is 2. The predicted octanol–water partition coefficient (Wildman–Crippen LogP) is 2.30. The lowest BCUT2D eigenvalue weighted by Gasteiger charge is -2.23. The molecule has 0 saturated heterocycles. The monoisotopic (exact) mass is 319 g/mol. The molecule has 0 atom stereocenters. The topological polar surface area (TPSA) is 44.5 Å². The van der Waals surface area contributed by atoms with Crippen LogP contribution in [0.15, 0.2) is 49.1 Å². The molecule has 22 heavy (non-hydrogen) atoms. The number of aryl methyl sites for hydroxylation is 1. The van der Waals surface area contributed by atoms with Crippen molar-refractivity contribution in [3.05, 3.63) is 49.1 Å². The van der Waals surface area contributed by atoms with E-state index in [-0.39, 0.29) is 0 Å². The maximum absolute atomic E-state index is 5.43. The smallest absolute Gasteiger partial charge is 0.377 e. The molecule has 2 aromatic heterocycles. The van der Waals surface area contributed by atoms with E-state index in [0.29, 0.717) is 0 Å². The van der Waals surface area contributed by atoms with Crippen molar-refractivity contribution >= 4 is 8.80 Å². The lowest BCUT2D eigenvalue weighted by atomic mass is 10.1. The van der Waals surface area contributed by atoms with Crippen LogP contribution in [0.2, 0.25) is 6.04 Å². The average Bonchev–Trinajstić information content (AvgIpc) is 2.60. The van der Waals surface area contributed by atoms with E-state index in [1.807, 2.05) is 12.1 Å². The Kier molecular flexibility index (Phi) is 6.20. The molecule has 0 aromatic carbocycles. The zero-order chi connectivity index (χ0) is 15.8. The van der Waals surface area contributed by atoms with Crippen molar-refractivity contribution in [2.45, 2.75) is 19.0 Å². The number of rotatable bonds is 8. The van der Waals surface area contributed by atoms with Gasteiger partial charge in [0, 0.05) is 58.3 Å². The highest BCUT2D eigenvalue weighted by molar-refractivity contribution is 6.60. The third kappa shape index (κ3) is 4.20. The van der Waals surface area contributed by atoms with Crippen molar-refractivity contribution in [1.29, 1.82) is 0 Å². The first-order valence-corrected chi connectivity index (χ1v) is 9.21. The summed E-state index contributed by atoms with van der Waals surface area (Å²) in [6.45, 7) is 0.904. The van der Waals surface area contributed by atoms with Gasteiger partial charge in [-0.3, -0.25) is 4.98 Å². The van der Waals surface area contributed by atoms with Crippen LogP contribution in [-0.4, -0.2) is 35.1 Å². The second-order valence-electron chi connectivity index (χ2n) is 4.96. The minimum atomic E-state index is -2.46. The summed E-state index contributed by atoms with van der Waals surface area (Å²) in [5.41, 5.74) is 2.36. The molecule has 2 aromatic rings. The molecule has 5 nitrogen and oxygen atoms in total. The Morgan fingerprint density at radius 3 is 2.00 bits per heavy atom. The van der Waals surface area contributed by atoms with E-state index >= 15 is 0 Å². The van der Waals surface area contributed by atoms with Crippen molar-refractivity contribution in [3.63, 3.8) is 0 Å². The van der Waals surface area contributed by atoms with Crippen LogP contribution in [0.1, 0.15) is 6.42 Å². The summed E-state index contributed by atoms with van der Waals surface area (Å²) in [7, 11) is 2.49. The summed E-state index contributed by atoms with van der Waals surface area (Å²) in [5.74, 6) is 0. The fraction of sp³-hybridized carbons (Fsp3) is 0.375. The van der Waals surface area contributed by atoms with Crippen molar-refractivity contribution in [2.24, 2.45) is 0 Å². The lowest BCUT2D eigenvalue weighted by Crippen LogP contribution is -2.44. The van der Waals surface area contributed by atoms with Crippen molar-refractivity contribution in [3.8, 4) is 11.1 Å². The molecule has 0 fully saturated rings. The molecule has 0 aliphatic rings. The van der Waals surface area contributed by atoms with Gasteiger partial charge in [-0.1, -0.05) is 0 Å². The van der Waals surface area contributed by atoms with E-state index in [1.54, 1.807) is 33.7 Å². The van der Waals surface area contributed by atoms with Crippen LogP contribution in [0, 0.1) is 0 Å². The van der Waals surface area contributed by atoms with Gasteiger partial charge >= 0.3 is 8.80 Å². The minimum absolute atomic E-state index is 0.801. The standard InChI is InChI=1S/C16H23N2O3Si/c1-19-22(20-2,21-3)14-4-11-18-12-7-16(8-13-18)15-5-9-17-10-6-15/h5-10,12-13H,4,11,14H2,1-3H3/q+1. The summed E-state index contributed by atoms with van der Waals surface area (Å²) in [6.07, 6.45) is 8.74. The van der Waals surface area contributed by atoms with Gasteiger partial charge < -0.3 is 13.3 Å². The average molecular weight is 319 g/mol. The summed E-state index contributed by atoms with van der Waals surface area (Å²) >= 11 is 0. The zero-order valence-corrected chi connectivity index (χ0v) is 14.4. The van der Waals surface area contributed by atoms with Gasteiger partial charge in [-0.2, -0.15) is 0 Å². The maximum atomic E-state index is 5.43. The molecule has 118 valence electrons. The molecule has 0 saturated carbocycles. The van der Waals surface area contributed by atoms with E-state index in [9.17, 15) is 0 Å². The van der Waals surface area contributed by atoms with Gasteiger partial charge in [0.25, 0.3) is 0 Å². The molecule has 0 unspecified atom stereocenters. The van der Waals surface area contributed by atoms with Gasteiger partial charge in [0.1, 0.15) is 6.54 Å². The lowest BCUT2D eigenvalue weighted by molar-refractivity contribution is -0.696. The molecule has 6 heteroatoms. The molecular weight excluding hydrogens is 296 g/mol. The zero-order valence-electron chi connectivity index (χ0n) is 13.4. The molecule has 0 aliphatic heterocycles. The van der Waals surface area contributed by atoms with Gasteiger partial charge in [-0.05, 0) is 23.3 Å². The molecule has 2 heterocycles. The Labute approximate surface area is 132 Å². The summed E-state index contributed by atoms with van der Waals surface area (Å²) in [4.78, 5) is 4.04. The third-order valence-electron chi connectivity index (χ3n) is 3.74. The Bertz CT molecular complexity index is 551. The molecular formula is C16H23N2O3Si+. The number of nitrogens with zero attached hydrogens (tertiary/aromatic N) is 2. The highest BCUT2D eigenvalue weighted by Gasteiger charge is 2.37. The third-order valence-corrected chi connectivity index (χ3v) is 6.57. The van der Waals surface area contributed by atoms with Crippen LogP contribution in [-0.2, 0) is 19.8 Å². The Morgan fingerprint density at radius 2 is 1.45 bits per heavy atom. The molecule has 0 amide bonds. The Hall–Kier alpha value is -1.60. The van der Waals surface area contributed by atoms with Crippen LogP contribution in [0.5, 0.6) is 0 Å². The first kappa shape index (κ1) is 16.8. The van der Waals surface area contributed by atoms with Crippen LogP contribution < -0.4 is 4.57 Å². The Morgan fingerprint density at radius 1 is 0.909 bits per heavy atom. The molecule has 0 radical (unpaired) electrons. The van der Waals surface area contributed by atoms with E-state index in [0.717, 1.165) is 19.0 Å². The number of hydrogen-bond acceptors (Lipinski definition) is 4. The predicted molar refractivity (Wildman–Crippen MR) is 86.1 cm³/mol. The first-order valence-electron chi connectivity index (χ1n) is 7.28. The largest absolute Gasteiger partial charge is 0.500 e. The van der Waals surface area contributed by atoms with Crippen LogP contribution in [0.4, 0.5) is 0 Å². The fourth-order valence-corrected chi connectivity index (χ4v) is 4.08. The normalized spacial score (nSPS) is 11.6. The van der Waals surface area contributed by atoms with E-state index in [4.69, 9.17) is 13.3 Å².